The number of hydrogen-bond donors (Lipinski definition) is 3. The number of aromatic amines is 1. The lowest BCUT2D eigenvalue weighted by atomic mass is 9.99. The lowest BCUT2D eigenvalue weighted by Crippen LogP contribution is -2.36. The van der Waals surface area contributed by atoms with Crippen molar-refractivity contribution in [3.8, 4) is 34.0 Å². The van der Waals surface area contributed by atoms with Crippen molar-refractivity contribution >= 4 is 11.0 Å². The molecule has 0 amide bonds. The first-order valence-corrected chi connectivity index (χ1v) is 11.7. The minimum Gasteiger partial charge on any atom is -0.456 e. The van der Waals surface area contributed by atoms with Crippen molar-refractivity contribution in [2.45, 2.75) is 18.3 Å². The van der Waals surface area contributed by atoms with Crippen LogP contribution in [0.3, 0.4) is 0 Å². The topological polar surface area (TPSA) is 105 Å². The molecule has 10 heteroatoms. The maximum Gasteiger partial charge on any atom is 0.295 e. The molecule has 0 spiro atoms. The number of benzene rings is 3. The second-order valence-electron chi connectivity index (χ2n) is 8.76. The number of rotatable bonds is 6. The van der Waals surface area contributed by atoms with Crippen molar-refractivity contribution in [3.05, 3.63) is 84.7 Å². The van der Waals surface area contributed by atoms with Crippen LogP contribution in [0.25, 0.3) is 39.0 Å². The second kappa shape index (κ2) is 9.40. The Morgan fingerprint density at radius 1 is 1.05 bits per heavy atom. The van der Waals surface area contributed by atoms with Gasteiger partial charge in [-0.1, -0.05) is 36.4 Å². The summed E-state index contributed by atoms with van der Waals surface area (Å²) in [6.07, 6.45) is 0.924. The standard InChI is InChI=1S/C27H22F2N4O4/c28-19-12-20-25(32-27(31-20)37-22-14-36-21(13-34)26(22)35)24(29)23(19)17-4-2-15(3-5-17)16-6-8-18(9-7-16)33-11-1-10-30-33/h1-12,21-22,26,34-35H,13-14H2,(H,31,32)/t21-,22-,26-/m1/s1. The fourth-order valence-electron chi connectivity index (χ4n) is 4.50. The molecule has 0 radical (unpaired) electrons. The van der Waals surface area contributed by atoms with Gasteiger partial charge in [0.05, 0.1) is 30.0 Å². The number of hydrogen-bond acceptors (Lipinski definition) is 6. The van der Waals surface area contributed by atoms with Crippen molar-refractivity contribution in [2.24, 2.45) is 0 Å². The van der Waals surface area contributed by atoms with Gasteiger partial charge < -0.3 is 24.7 Å². The van der Waals surface area contributed by atoms with Gasteiger partial charge in [0.15, 0.2) is 11.9 Å². The Balaban J connectivity index is 1.26. The third-order valence-electron chi connectivity index (χ3n) is 6.47. The first-order valence-electron chi connectivity index (χ1n) is 11.7. The van der Waals surface area contributed by atoms with Crippen molar-refractivity contribution < 1.29 is 28.5 Å². The summed E-state index contributed by atoms with van der Waals surface area (Å²) in [4.78, 5) is 6.86. The molecule has 0 saturated carbocycles. The predicted octanol–water partition coefficient (Wildman–Crippen LogP) is 3.86. The minimum atomic E-state index is -1.07. The molecule has 6 rings (SSSR count). The van der Waals surface area contributed by atoms with Crippen molar-refractivity contribution in [2.75, 3.05) is 13.2 Å². The molecule has 5 aromatic rings. The van der Waals surface area contributed by atoms with Crippen LogP contribution in [-0.2, 0) is 4.74 Å². The highest BCUT2D eigenvalue weighted by Gasteiger charge is 2.37. The monoisotopic (exact) mass is 504 g/mol. The van der Waals surface area contributed by atoms with E-state index in [4.69, 9.17) is 9.47 Å². The van der Waals surface area contributed by atoms with Gasteiger partial charge in [-0.3, -0.25) is 0 Å². The summed E-state index contributed by atoms with van der Waals surface area (Å²) in [5.74, 6) is -1.57. The number of fused-ring (bicyclic) bond motifs is 1. The average molecular weight is 504 g/mol. The van der Waals surface area contributed by atoms with Gasteiger partial charge >= 0.3 is 0 Å². The number of H-pyrrole nitrogens is 1. The highest BCUT2D eigenvalue weighted by molar-refractivity contribution is 5.84. The molecule has 3 heterocycles. The van der Waals surface area contributed by atoms with Crippen LogP contribution in [0.2, 0.25) is 0 Å². The van der Waals surface area contributed by atoms with E-state index in [0.29, 0.717) is 5.56 Å². The van der Waals surface area contributed by atoms with E-state index in [0.717, 1.165) is 22.9 Å². The summed E-state index contributed by atoms with van der Waals surface area (Å²) >= 11 is 0. The normalized spacial score (nSPS) is 19.5. The molecule has 0 bridgehead atoms. The van der Waals surface area contributed by atoms with Gasteiger partial charge in [-0.25, -0.2) is 13.5 Å². The Kier molecular flexibility index (Phi) is 5.91. The fourth-order valence-corrected chi connectivity index (χ4v) is 4.50. The van der Waals surface area contributed by atoms with Crippen molar-refractivity contribution in [1.82, 2.24) is 19.7 Å². The van der Waals surface area contributed by atoms with Gasteiger partial charge in [-0.05, 0) is 34.9 Å². The SMILES string of the molecule is OC[C@H]1OC[C@@H](Oc2nc3c(F)c(-c4ccc(-c5ccc(-n6cccn6)cc5)cc4)c(F)cc3[nH]2)[C@@H]1O. The zero-order chi connectivity index (χ0) is 25.5. The fraction of sp³-hybridized carbons (Fsp3) is 0.185. The number of aromatic nitrogens is 4. The summed E-state index contributed by atoms with van der Waals surface area (Å²) in [7, 11) is 0. The molecule has 0 aliphatic carbocycles. The molecule has 3 N–H and O–H groups in total. The lowest BCUT2D eigenvalue weighted by Gasteiger charge is -2.15. The number of nitrogens with zero attached hydrogens (tertiary/aromatic N) is 3. The Labute approximate surface area is 209 Å². The summed E-state index contributed by atoms with van der Waals surface area (Å²) in [6, 6.07) is 17.7. The van der Waals surface area contributed by atoms with Gasteiger partial charge in [0, 0.05) is 18.5 Å². The Morgan fingerprint density at radius 3 is 2.41 bits per heavy atom. The molecule has 8 nitrogen and oxygen atoms in total. The Morgan fingerprint density at radius 2 is 1.76 bits per heavy atom. The van der Waals surface area contributed by atoms with E-state index in [-0.39, 0.29) is 35.8 Å². The number of imidazole rings is 1. The molecule has 1 fully saturated rings. The summed E-state index contributed by atoms with van der Waals surface area (Å²) < 4.78 is 43.1. The zero-order valence-electron chi connectivity index (χ0n) is 19.4. The summed E-state index contributed by atoms with van der Waals surface area (Å²) in [5, 5.41) is 23.6. The highest BCUT2D eigenvalue weighted by Crippen LogP contribution is 2.34. The van der Waals surface area contributed by atoms with Gasteiger partial charge in [0.2, 0.25) is 0 Å². The molecule has 188 valence electrons. The molecule has 1 aliphatic heterocycles. The first kappa shape index (κ1) is 23.3. The molecule has 2 aromatic heterocycles. The maximum atomic E-state index is 15.4. The molecule has 0 unspecified atom stereocenters. The van der Waals surface area contributed by atoms with Crippen molar-refractivity contribution in [3.63, 3.8) is 0 Å². The van der Waals surface area contributed by atoms with E-state index in [1.165, 1.54) is 0 Å². The van der Waals surface area contributed by atoms with Crippen LogP contribution in [0.15, 0.2) is 73.1 Å². The number of halogens is 2. The van der Waals surface area contributed by atoms with Crippen LogP contribution in [-0.4, -0.2) is 61.5 Å². The van der Waals surface area contributed by atoms with Gasteiger partial charge in [0.25, 0.3) is 6.01 Å². The smallest absolute Gasteiger partial charge is 0.295 e. The number of aliphatic hydroxyl groups excluding tert-OH is 2. The van der Waals surface area contributed by atoms with Crippen LogP contribution in [0.1, 0.15) is 0 Å². The quantitative estimate of drug-likeness (QED) is 0.324. The Bertz CT molecular complexity index is 1540. The molecule has 3 aromatic carbocycles. The van der Waals surface area contributed by atoms with Crippen LogP contribution in [0.5, 0.6) is 6.01 Å². The van der Waals surface area contributed by atoms with Crippen LogP contribution >= 0.6 is 0 Å². The average Bonchev–Trinajstić information content (AvgIpc) is 3.66. The van der Waals surface area contributed by atoms with E-state index in [2.05, 4.69) is 15.1 Å². The minimum absolute atomic E-state index is 0.0316. The molecule has 3 atom stereocenters. The Hall–Kier alpha value is -4.12. The number of nitrogens with one attached hydrogen (secondary N) is 1. The second-order valence-corrected chi connectivity index (χ2v) is 8.76. The van der Waals surface area contributed by atoms with E-state index >= 15 is 8.78 Å². The van der Waals surface area contributed by atoms with Crippen LogP contribution in [0.4, 0.5) is 8.78 Å². The van der Waals surface area contributed by atoms with Gasteiger partial charge in [-0.2, -0.15) is 10.1 Å². The molecule has 1 aliphatic rings. The van der Waals surface area contributed by atoms with E-state index in [9.17, 15) is 10.2 Å². The van der Waals surface area contributed by atoms with E-state index in [1.807, 2.05) is 36.5 Å². The molecular weight excluding hydrogens is 482 g/mol. The third-order valence-corrected chi connectivity index (χ3v) is 6.47. The maximum absolute atomic E-state index is 15.4. The summed E-state index contributed by atoms with van der Waals surface area (Å²) in [5.41, 5.74) is 2.97. The largest absolute Gasteiger partial charge is 0.456 e. The van der Waals surface area contributed by atoms with Gasteiger partial charge in [-0.15, -0.1) is 0 Å². The molecular formula is C27H22F2N4O4. The lowest BCUT2D eigenvalue weighted by molar-refractivity contribution is -0.00390. The summed E-state index contributed by atoms with van der Waals surface area (Å²) in [6.45, 7) is -0.330. The number of aliphatic hydroxyl groups is 2. The van der Waals surface area contributed by atoms with E-state index < -0.39 is 29.9 Å². The molecule has 1 saturated heterocycles. The van der Waals surface area contributed by atoms with Crippen LogP contribution < -0.4 is 4.74 Å². The van der Waals surface area contributed by atoms with E-state index in [1.54, 1.807) is 35.1 Å². The third kappa shape index (κ3) is 4.25. The zero-order valence-corrected chi connectivity index (χ0v) is 19.4. The predicted molar refractivity (Wildman–Crippen MR) is 131 cm³/mol. The van der Waals surface area contributed by atoms with Crippen molar-refractivity contribution in [1.29, 1.82) is 0 Å². The molecule has 37 heavy (non-hydrogen) atoms. The highest BCUT2D eigenvalue weighted by atomic mass is 19.1. The number of ether oxygens (including phenoxy) is 2. The first-order chi connectivity index (χ1) is 18.0. The van der Waals surface area contributed by atoms with Gasteiger partial charge in [0.1, 0.15) is 23.5 Å². The van der Waals surface area contributed by atoms with Crippen LogP contribution in [0, 0.1) is 11.6 Å².